The monoisotopic (exact) mass is 712 g/mol. The van der Waals surface area contributed by atoms with Gasteiger partial charge in [0.05, 0.1) is 13.0 Å². The van der Waals surface area contributed by atoms with Gasteiger partial charge in [-0.1, -0.05) is 86.6 Å². The number of hydrogen-bond donors (Lipinski definition) is 7. The molecule has 0 aliphatic carbocycles. The first-order valence-corrected chi connectivity index (χ1v) is 15.8. The van der Waals surface area contributed by atoms with Crippen LogP contribution in [-0.2, 0) is 46.5 Å². The molecule has 5 atom stereocenters. The topological polar surface area (TPSA) is 232 Å². The van der Waals surface area contributed by atoms with Crippen molar-refractivity contribution in [1.29, 1.82) is 0 Å². The van der Waals surface area contributed by atoms with Gasteiger partial charge in [0.25, 0.3) is 0 Å². The molecule has 14 nitrogen and oxygen atoms in total. The number of esters is 1. The summed E-state index contributed by atoms with van der Waals surface area (Å²) in [6.45, 7) is 4.06. The van der Waals surface area contributed by atoms with Crippen LogP contribution in [-0.4, -0.2) is 77.4 Å². The van der Waals surface area contributed by atoms with Gasteiger partial charge in [0.1, 0.15) is 36.8 Å². The number of aliphatic hydroxyl groups excluding tert-OH is 1. The van der Waals surface area contributed by atoms with Crippen molar-refractivity contribution >= 4 is 58.7 Å². The summed E-state index contributed by atoms with van der Waals surface area (Å²) in [4.78, 5) is 77.2. The number of nitrogens with one attached hydrogen (secondary N) is 4. The van der Waals surface area contributed by atoms with Crippen LogP contribution in [0.4, 0.5) is 0 Å². The first-order chi connectivity index (χ1) is 23.3. The van der Waals surface area contributed by atoms with Gasteiger partial charge in [0.2, 0.25) is 29.5 Å². The lowest BCUT2D eigenvalue weighted by Gasteiger charge is -2.28. The predicted octanol–water partition coefficient (Wildman–Crippen LogP) is 0.358. The van der Waals surface area contributed by atoms with Crippen molar-refractivity contribution in [3.8, 4) is 0 Å². The highest BCUT2D eigenvalue weighted by atomic mass is 35.5. The van der Waals surface area contributed by atoms with Crippen molar-refractivity contribution in [3.05, 3.63) is 83.9 Å². The van der Waals surface area contributed by atoms with Crippen molar-refractivity contribution in [2.75, 3.05) is 6.61 Å². The van der Waals surface area contributed by atoms with Crippen molar-refractivity contribution in [3.63, 3.8) is 0 Å². The van der Waals surface area contributed by atoms with Gasteiger partial charge in [-0.2, -0.15) is 0 Å². The molecule has 0 unspecified atom stereocenters. The smallest absolute Gasteiger partial charge is 0.328 e. The zero-order chi connectivity index (χ0) is 36.1. The Labute approximate surface area is 296 Å². The molecule has 0 radical (unpaired) electrons. The maximum Gasteiger partial charge on any atom is 0.328 e. The molecule has 270 valence electrons. The van der Waals surface area contributed by atoms with Crippen LogP contribution in [0.3, 0.4) is 0 Å². The van der Waals surface area contributed by atoms with Crippen LogP contribution in [0.1, 0.15) is 38.3 Å². The number of halogens is 1. The second kappa shape index (κ2) is 19.8. The normalized spacial score (nSPS) is 13.8. The molecule has 3 aromatic carbocycles. The third kappa shape index (κ3) is 12.4. The van der Waals surface area contributed by atoms with E-state index in [2.05, 4.69) is 21.3 Å². The van der Waals surface area contributed by atoms with Crippen molar-refractivity contribution in [2.45, 2.75) is 70.4 Å². The summed E-state index contributed by atoms with van der Waals surface area (Å²) in [5, 5.41) is 21.2. The molecule has 0 saturated carbocycles. The Kier molecular flexibility index (Phi) is 16.3. The second-order valence-corrected chi connectivity index (χ2v) is 12.0. The summed E-state index contributed by atoms with van der Waals surface area (Å²) in [5.41, 5.74) is 12.3. The molecule has 3 aromatic rings. The van der Waals surface area contributed by atoms with Gasteiger partial charge in [0, 0.05) is 6.42 Å². The highest BCUT2D eigenvalue weighted by Gasteiger charge is 2.33. The van der Waals surface area contributed by atoms with E-state index in [4.69, 9.17) is 16.2 Å². The minimum absolute atomic E-state index is 0. The third-order valence-corrected chi connectivity index (χ3v) is 7.64. The maximum absolute atomic E-state index is 13.7. The fourth-order valence-electron chi connectivity index (χ4n) is 4.86. The number of ether oxygens (including phenoxy) is 1. The van der Waals surface area contributed by atoms with E-state index in [0.717, 1.165) is 16.3 Å². The van der Waals surface area contributed by atoms with E-state index in [1.807, 2.05) is 60.7 Å². The standard InChI is InChI=1S/C35H44N6O8.ClH/c1-20(2)30(41-33(46)28(17-29(37)43)39-31(44)26(36)18-42)34(47)40-27(16-23-13-14-24-11-7-8-12-25(24)15-23)32(45)38-21(3)35(48)49-19-22-9-5-4-6-10-22;/h4-15,20-21,26-28,30,42H,16-19,36H2,1-3H3,(H2,37,43)(H,38,45)(H,39,44)(H,40,47)(H,41,46);1H/t21-,26-,27-,28-,30-;/m0./s1. The van der Waals surface area contributed by atoms with Crippen LogP contribution in [0.15, 0.2) is 72.8 Å². The van der Waals surface area contributed by atoms with E-state index in [9.17, 15) is 33.9 Å². The highest BCUT2D eigenvalue weighted by molar-refractivity contribution is 5.97. The van der Waals surface area contributed by atoms with Gasteiger partial charge in [0.15, 0.2) is 0 Å². The quantitative estimate of drug-likeness (QED) is 0.0957. The van der Waals surface area contributed by atoms with Gasteiger partial charge in [-0.25, -0.2) is 4.79 Å². The number of primary amides is 1. The molecule has 0 bridgehead atoms. The fraction of sp³-hybridized carbons (Fsp3) is 0.371. The van der Waals surface area contributed by atoms with Crippen molar-refractivity contribution in [2.24, 2.45) is 17.4 Å². The van der Waals surface area contributed by atoms with Gasteiger partial charge in [-0.05, 0) is 34.7 Å². The molecule has 9 N–H and O–H groups in total. The molecule has 0 fully saturated rings. The summed E-state index contributed by atoms with van der Waals surface area (Å²) in [7, 11) is 0. The Balaban J connectivity index is 0.00000867. The Morgan fingerprint density at radius 1 is 0.720 bits per heavy atom. The lowest BCUT2D eigenvalue weighted by molar-refractivity contribution is -0.148. The zero-order valence-corrected chi connectivity index (χ0v) is 28.9. The molecule has 0 aromatic heterocycles. The number of carbonyl (C=O) groups excluding carboxylic acids is 6. The van der Waals surface area contributed by atoms with Gasteiger partial charge >= 0.3 is 5.97 Å². The van der Waals surface area contributed by atoms with Crippen LogP contribution in [0, 0.1) is 5.92 Å². The summed E-state index contributed by atoms with van der Waals surface area (Å²) in [5.74, 6) is -5.33. The Morgan fingerprint density at radius 3 is 1.94 bits per heavy atom. The first-order valence-electron chi connectivity index (χ1n) is 15.8. The number of benzene rings is 3. The van der Waals surface area contributed by atoms with Crippen LogP contribution < -0.4 is 32.7 Å². The molecule has 50 heavy (non-hydrogen) atoms. The number of aliphatic hydroxyl groups is 1. The number of rotatable bonds is 17. The molecular formula is C35H45ClN6O8. The Bertz CT molecular complexity index is 1640. The minimum Gasteiger partial charge on any atom is -0.459 e. The average molecular weight is 713 g/mol. The maximum atomic E-state index is 13.7. The molecule has 3 rings (SSSR count). The van der Waals surface area contributed by atoms with Crippen LogP contribution in [0.25, 0.3) is 10.8 Å². The average Bonchev–Trinajstić information content (AvgIpc) is 3.08. The van der Waals surface area contributed by atoms with E-state index in [0.29, 0.717) is 5.56 Å². The molecule has 0 saturated heterocycles. The van der Waals surface area contributed by atoms with E-state index in [1.54, 1.807) is 26.0 Å². The first kappa shape index (κ1) is 41.1. The van der Waals surface area contributed by atoms with Crippen LogP contribution >= 0.6 is 12.4 Å². The summed E-state index contributed by atoms with van der Waals surface area (Å²) < 4.78 is 5.36. The molecule has 0 spiro atoms. The third-order valence-electron chi connectivity index (χ3n) is 7.64. The van der Waals surface area contributed by atoms with Crippen LogP contribution in [0.2, 0.25) is 0 Å². The van der Waals surface area contributed by atoms with E-state index >= 15 is 0 Å². The fourth-order valence-corrected chi connectivity index (χ4v) is 4.86. The molecule has 5 amide bonds. The van der Waals surface area contributed by atoms with Crippen LogP contribution in [0.5, 0.6) is 0 Å². The highest BCUT2D eigenvalue weighted by Crippen LogP contribution is 2.17. The van der Waals surface area contributed by atoms with E-state index in [1.165, 1.54) is 6.92 Å². The molecule has 0 aliphatic heterocycles. The Morgan fingerprint density at radius 2 is 1.32 bits per heavy atom. The SMILES string of the molecule is CC(C)[C@H](NC(=O)[C@H](CC(N)=O)NC(=O)[C@@H](N)CO)C(=O)N[C@@H](Cc1ccc2ccccc2c1)C(=O)N[C@@H](C)C(=O)OCc1ccccc1.Cl. The van der Waals surface area contributed by atoms with Crippen molar-refractivity contribution in [1.82, 2.24) is 21.3 Å². The number of nitrogens with two attached hydrogens (primary N) is 2. The van der Waals surface area contributed by atoms with Gasteiger partial charge < -0.3 is 42.6 Å². The number of carbonyl (C=O) groups is 6. The van der Waals surface area contributed by atoms with E-state index in [-0.39, 0.29) is 25.4 Å². The molecular weight excluding hydrogens is 668 g/mol. The largest absolute Gasteiger partial charge is 0.459 e. The number of hydrogen-bond acceptors (Lipinski definition) is 9. The summed E-state index contributed by atoms with van der Waals surface area (Å²) >= 11 is 0. The molecule has 15 heteroatoms. The summed E-state index contributed by atoms with van der Waals surface area (Å²) in [6.07, 6.45) is -0.570. The molecule has 0 heterocycles. The van der Waals surface area contributed by atoms with Crippen molar-refractivity contribution < 1.29 is 38.6 Å². The summed E-state index contributed by atoms with van der Waals surface area (Å²) in [6, 6.07) is 15.9. The van der Waals surface area contributed by atoms with E-state index < -0.39 is 84.7 Å². The predicted molar refractivity (Wildman–Crippen MR) is 188 cm³/mol. The molecule has 0 aliphatic rings. The number of fused-ring (bicyclic) bond motifs is 1. The van der Waals surface area contributed by atoms with Gasteiger partial charge in [-0.15, -0.1) is 12.4 Å². The minimum atomic E-state index is -1.49. The number of amides is 5. The lowest BCUT2D eigenvalue weighted by atomic mass is 9.98. The van der Waals surface area contributed by atoms with Gasteiger partial charge in [-0.3, -0.25) is 24.0 Å². The zero-order valence-electron chi connectivity index (χ0n) is 28.1. The lowest BCUT2D eigenvalue weighted by Crippen LogP contribution is -2.60. The Hall–Kier alpha value is -5.05. The second-order valence-electron chi connectivity index (χ2n) is 12.0.